The number of hydrogen-bond donors (Lipinski definition) is 2. The zero-order chi connectivity index (χ0) is 15.3. The van der Waals surface area contributed by atoms with Crippen molar-refractivity contribution < 1.29 is 19.4 Å². The first-order valence-electron chi connectivity index (χ1n) is 7.42. The van der Waals surface area contributed by atoms with Gasteiger partial charge in [-0.3, -0.25) is 14.9 Å². The maximum Gasteiger partial charge on any atom is 0.323 e. The molecule has 20 heavy (non-hydrogen) atoms. The van der Waals surface area contributed by atoms with Crippen molar-refractivity contribution in [1.82, 2.24) is 5.32 Å². The summed E-state index contributed by atoms with van der Waals surface area (Å²) in [6, 6.07) is -1.28. The molecule has 1 rings (SSSR count). The summed E-state index contributed by atoms with van der Waals surface area (Å²) in [5.41, 5.74) is -0.557. The van der Waals surface area contributed by atoms with Crippen LogP contribution in [0.15, 0.2) is 0 Å². The predicted octanol–water partition coefficient (Wildman–Crippen LogP) is 2.34. The second kappa shape index (κ2) is 7.07. The third-order valence-electron chi connectivity index (χ3n) is 3.58. The number of ether oxygens (including phenoxy) is 1. The lowest BCUT2D eigenvalue weighted by Crippen LogP contribution is -2.51. The maximum atomic E-state index is 12.3. The molecule has 1 aliphatic rings. The largest absolute Gasteiger partial charge is 0.480 e. The molecule has 0 aromatic heterocycles. The highest BCUT2D eigenvalue weighted by Gasteiger charge is 2.34. The highest BCUT2D eigenvalue weighted by molar-refractivity contribution is 5.79. The lowest BCUT2D eigenvalue weighted by molar-refractivity contribution is -0.160. The number of rotatable bonds is 5. The number of carboxylic acids is 1. The maximum absolute atomic E-state index is 12.3. The Morgan fingerprint density at radius 2 is 1.75 bits per heavy atom. The van der Waals surface area contributed by atoms with Gasteiger partial charge in [-0.1, -0.05) is 19.3 Å². The molecule has 0 bridgehead atoms. The van der Waals surface area contributed by atoms with Crippen LogP contribution < -0.4 is 5.32 Å². The summed E-state index contributed by atoms with van der Waals surface area (Å²) in [4.78, 5) is 23.3. The number of carbonyl (C=O) groups is 2. The summed E-state index contributed by atoms with van der Waals surface area (Å²) in [7, 11) is 0. The van der Waals surface area contributed by atoms with Gasteiger partial charge >= 0.3 is 11.9 Å². The first-order valence-corrected chi connectivity index (χ1v) is 7.42. The number of esters is 1. The Hall–Kier alpha value is -1.10. The van der Waals surface area contributed by atoms with E-state index in [0.29, 0.717) is 0 Å². The van der Waals surface area contributed by atoms with Crippen molar-refractivity contribution in [2.24, 2.45) is 5.92 Å². The molecular formula is C15H27NO4. The standard InChI is InChI=1S/C15H27NO4/c1-10(13(17)18)16-12(11-8-6-5-7-9-11)14(19)20-15(2,3)4/h10-12,16H,5-9H2,1-4H3,(H,17,18). The van der Waals surface area contributed by atoms with Crippen LogP contribution in [0, 0.1) is 5.92 Å². The quantitative estimate of drug-likeness (QED) is 0.758. The second-order valence-electron chi connectivity index (χ2n) is 6.64. The van der Waals surface area contributed by atoms with Gasteiger partial charge in [0.2, 0.25) is 0 Å². The molecule has 0 heterocycles. The smallest absolute Gasteiger partial charge is 0.323 e. The number of aliphatic carboxylic acids is 1. The minimum Gasteiger partial charge on any atom is -0.480 e. The Kier molecular flexibility index (Phi) is 5.99. The summed E-state index contributed by atoms with van der Waals surface area (Å²) in [5, 5.41) is 12.0. The van der Waals surface area contributed by atoms with Crippen molar-refractivity contribution in [3.05, 3.63) is 0 Å². The number of carbonyl (C=O) groups excluding carboxylic acids is 1. The van der Waals surface area contributed by atoms with E-state index in [1.165, 1.54) is 6.42 Å². The van der Waals surface area contributed by atoms with Crippen molar-refractivity contribution in [3.8, 4) is 0 Å². The van der Waals surface area contributed by atoms with Crippen LogP contribution in [-0.4, -0.2) is 34.7 Å². The van der Waals surface area contributed by atoms with Gasteiger partial charge < -0.3 is 9.84 Å². The van der Waals surface area contributed by atoms with Gasteiger partial charge in [-0.2, -0.15) is 0 Å². The first kappa shape index (κ1) is 17.0. The van der Waals surface area contributed by atoms with Crippen LogP contribution in [0.4, 0.5) is 0 Å². The van der Waals surface area contributed by atoms with Crippen molar-refractivity contribution in [3.63, 3.8) is 0 Å². The van der Waals surface area contributed by atoms with E-state index in [0.717, 1.165) is 25.7 Å². The Labute approximate surface area is 121 Å². The lowest BCUT2D eigenvalue weighted by atomic mass is 9.83. The monoisotopic (exact) mass is 285 g/mol. The molecule has 0 aliphatic heterocycles. The molecular weight excluding hydrogens is 258 g/mol. The van der Waals surface area contributed by atoms with Crippen LogP contribution in [0.3, 0.4) is 0 Å². The summed E-state index contributed by atoms with van der Waals surface area (Å²) in [6.45, 7) is 7.03. The summed E-state index contributed by atoms with van der Waals surface area (Å²) >= 11 is 0. The van der Waals surface area contributed by atoms with E-state index >= 15 is 0 Å². The van der Waals surface area contributed by atoms with E-state index in [-0.39, 0.29) is 11.9 Å². The van der Waals surface area contributed by atoms with Gasteiger partial charge in [0.25, 0.3) is 0 Å². The normalized spacial score (nSPS) is 20.2. The Bertz CT molecular complexity index is 342. The SMILES string of the molecule is CC(NC(C(=O)OC(C)(C)C)C1CCCCC1)C(=O)O. The molecule has 0 radical (unpaired) electrons. The van der Waals surface area contributed by atoms with Gasteiger partial charge in [0.05, 0.1) is 0 Å². The fourth-order valence-corrected chi connectivity index (χ4v) is 2.57. The fourth-order valence-electron chi connectivity index (χ4n) is 2.57. The van der Waals surface area contributed by atoms with E-state index < -0.39 is 23.7 Å². The van der Waals surface area contributed by atoms with E-state index in [4.69, 9.17) is 9.84 Å². The molecule has 0 aromatic carbocycles. The van der Waals surface area contributed by atoms with Crippen LogP contribution in [0.2, 0.25) is 0 Å². The van der Waals surface area contributed by atoms with E-state index in [2.05, 4.69) is 5.32 Å². The van der Waals surface area contributed by atoms with E-state index in [9.17, 15) is 9.59 Å². The van der Waals surface area contributed by atoms with Gasteiger partial charge in [-0.05, 0) is 46.5 Å². The summed E-state index contributed by atoms with van der Waals surface area (Å²) in [5.74, 6) is -1.12. The molecule has 5 heteroatoms. The molecule has 1 aliphatic carbocycles. The van der Waals surface area contributed by atoms with E-state index in [1.54, 1.807) is 6.92 Å². The molecule has 116 valence electrons. The Morgan fingerprint density at radius 1 is 1.20 bits per heavy atom. The molecule has 2 N–H and O–H groups in total. The van der Waals surface area contributed by atoms with Crippen LogP contribution in [-0.2, 0) is 14.3 Å². The van der Waals surface area contributed by atoms with Crippen molar-refractivity contribution >= 4 is 11.9 Å². The Balaban J connectivity index is 2.77. The molecule has 2 atom stereocenters. The Morgan fingerprint density at radius 3 is 2.20 bits per heavy atom. The average molecular weight is 285 g/mol. The highest BCUT2D eigenvalue weighted by atomic mass is 16.6. The molecule has 0 saturated heterocycles. The van der Waals surface area contributed by atoms with Gasteiger partial charge in [0, 0.05) is 0 Å². The average Bonchev–Trinajstić information content (AvgIpc) is 2.34. The molecule has 0 aromatic rings. The third-order valence-corrected chi connectivity index (χ3v) is 3.58. The van der Waals surface area contributed by atoms with Crippen LogP contribution >= 0.6 is 0 Å². The number of hydrogen-bond acceptors (Lipinski definition) is 4. The fraction of sp³-hybridized carbons (Fsp3) is 0.867. The molecule has 0 amide bonds. The molecule has 5 nitrogen and oxygen atoms in total. The predicted molar refractivity (Wildman–Crippen MR) is 76.4 cm³/mol. The zero-order valence-corrected chi connectivity index (χ0v) is 12.9. The van der Waals surface area contributed by atoms with Crippen molar-refractivity contribution in [2.45, 2.75) is 77.5 Å². The molecule has 1 saturated carbocycles. The van der Waals surface area contributed by atoms with Gasteiger partial charge in [0.1, 0.15) is 17.7 Å². The van der Waals surface area contributed by atoms with Crippen LogP contribution in [0.1, 0.15) is 59.8 Å². The van der Waals surface area contributed by atoms with Gasteiger partial charge in [0.15, 0.2) is 0 Å². The topological polar surface area (TPSA) is 75.6 Å². The van der Waals surface area contributed by atoms with Crippen LogP contribution in [0.5, 0.6) is 0 Å². The third kappa shape index (κ3) is 5.49. The minimum absolute atomic E-state index is 0.167. The molecule has 0 spiro atoms. The minimum atomic E-state index is -0.950. The molecule has 2 unspecified atom stereocenters. The summed E-state index contributed by atoms with van der Waals surface area (Å²) < 4.78 is 5.44. The van der Waals surface area contributed by atoms with Crippen molar-refractivity contribution in [2.75, 3.05) is 0 Å². The van der Waals surface area contributed by atoms with Gasteiger partial charge in [-0.25, -0.2) is 0 Å². The van der Waals surface area contributed by atoms with Crippen molar-refractivity contribution in [1.29, 1.82) is 0 Å². The van der Waals surface area contributed by atoms with Crippen LogP contribution in [0.25, 0.3) is 0 Å². The number of nitrogens with one attached hydrogen (secondary N) is 1. The number of carboxylic acid groups (broad SMARTS) is 1. The van der Waals surface area contributed by atoms with Gasteiger partial charge in [-0.15, -0.1) is 0 Å². The van der Waals surface area contributed by atoms with E-state index in [1.807, 2.05) is 20.8 Å². The molecule has 1 fully saturated rings. The highest BCUT2D eigenvalue weighted by Crippen LogP contribution is 2.28. The second-order valence-corrected chi connectivity index (χ2v) is 6.64. The zero-order valence-electron chi connectivity index (χ0n) is 12.9. The summed E-state index contributed by atoms with van der Waals surface area (Å²) in [6.07, 6.45) is 5.26. The lowest BCUT2D eigenvalue weighted by Gasteiger charge is -2.32. The first-order chi connectivity index (χ1) is 9.20.